The molecule has 0 aliphatic heterocycles. The van der Waals surface area contributed by atoms with Crippen molar-refractivity contribution in [3.8, 4) is 0 Å². The number of carboxylic acids is 1. The smallest absolute Gasteiger partial charge is 0.360 e. The Kier molecular flexibility index (Phi) is 4.16. The summed E-state index contributed by atoms with van der Waals surface area (Å²) in [6, 6.07) is 0. The summed E-state index contributed by atoms with van der Waals surface area (Å²) in [6.45, 7) is 3.38. The van der Waals surface area contributed by atoms with Crippen molar-refractivity contribution in [2.75, 3.05) is 26.1 Å². The quantitative estimate of drug-likeness (QED) is 0.626. The van der Waals surface area contributed by atoms with E-state index in [4.69, 9.17) is 5.11 Å². The molecule has 8 heteroatoms. The minimum absolute atomic E-state index is 0.156. The number of oxime groups is 1. The molecule has 0 atom stereocenters. The largest absolute Gasteiger partial charge is 0.476 e. The van der Waals surface area contributed by atoms with Crippen molar-refractivity contribution >= 4 is 39.9 Å². The fraction of sp³-hybridized carbons (Fsp3) is 0.333. The van der Waals surface area contributed by atoms with Crippen LogP contribution < -0.4 is 4.90 Å². The van der Waals surface area contributed by atoms with Crippen molar-refractivity contribution in [3.05, 3.63) is 5.69 Å². The third-order valence-electron chi connectivity index (χ3n) is 1.73. The van der Waals surface area contributed by atoms with E-state index in [0.717, 1.165) is 0 Å². The van der Waals surface area contributed by atoms with Crippen LogP contribution in [0.5, 0.6) is 0 Å². The molecular weight excluding hydrogens is 244 g/mol. The highest BCUT2D eigenvalue weighted by Gasteiger charge is 2.23. The zero-order chi connectivity index (χ0) is 13.0. The maximum absolute atomic E-state index is 11.0. The van der Waals surface area contributed by atoms with Gasteiger partial charge >= 0.3 is 5.97 Å². The van der Waals surface area contributed by atoms with Crippen molar-refractivity contribution in [1.29, 1.82) is 0 Å². The van der Waals surface area contributed by atoms with Gasteiger partial charge in [0.05, 0.1) is 0 Å². The Labute approximate surface area is 102 Å². The van der Waals surface area contributed by atoms with E-state index in [9.17, 15) is 4.79 Å². The lowest BCUT2D eigenvalue weighted by Crippen LogP contribution is -2.16. The summed E-state index contributed by atoms with van der Waals surface area (Å²) in [7, 11) is 4.86. The van der Waals surface area contributed by atoms with Gasteiger partial charge < -0.3 is 14.8 Å². The molecule has 0 saturated carbocycles. The first-order valence-electron chi connectivity index (χ1n) is 4.51. The zero-order valence-electron chi connectivity index (χ0n) is 9.67. The molecule has 92 valence electrons. The molecular formula is C9H12N4O3S. The van der Waals surface area contributed by atoms with Crippen LogP contribution in [0.4, 0.5) is 10.1 Å². The molecule has 0 saturated heterocycles. The Morgan fingerprint density at radius 1 is 1.59 bits per heavy atom. The number of aliphatic imine (C=N–C) groups is 1. The van der Waals surface area contributed by atoms with Gasteiger partial charge in [-0.2, -0.15) is 0 Å². The summed E-state index contributed by atoms with van der Waals surface area (Å²) in [5.74, 6) is -1.23. The summed E-state index contributed by atoms with van der Waals surface area (Å²) in [5, 5.41) is 13.4. The molecule has 17 heavy (non-hydrogen) atoms. The van der Waals surface area contributed by atoms with Crippen LogP contribution in [0.3, 0.4) is 0 Å². The number of anilines is 1. The third-order valence-corrected chi connectivity index (χ3v) is 2.89. The van der Waals surface area contributed by atoms with E-state index in [1.165, 1.54) is 18.4 Å². The summed E-state index contributed by atoms with van der Waals surface area (Å²) in [5.41, 5.74) is -0.137. The van der Waals surface area contributed by atoms with Gasteiger partial charge in [0, 0.05) is 14.1 Å². The molecule has 0 bridgehead atoms. The van der Waals surface area contributed by atoms with E-state index in [-0.39, 0.29) is 11.4 Å². The number of hydrogen-bond acceptors (Lipinski definition) is 7. The second kappa shape index (κ2) is 5.39. The summed E-state index contributed by atoms with van der Waals surface area (Å²) in [4.78, 5) is 25.1. The number of nitrogens with zero attached hydrogens (tertiary/aromatic N) is 4. The number of rotatable bonds is 5. The first-order chi connectivity index (χ1) is 8.01. The Morgan fingerprint density at radius 2 is 2.24 bits per heavy atom. The Hall–Kier alpha value is -1.96. The molecule has 0 spiro atoms. The van der Waals surface area contributed by atoms with E-state index in [2.05, 4.69) is 26.7 Å². The maximum atomic E-state index is 11.0. The second-order valence-electron chi connectivity index (χ2n) is 3.13. The monoisotopic (exact) mass is 256 g/mol. The number of aliphatic carboxylic acids is 1. The van der Waals surface area contributed by atoms with Crippen molar-refractivity contribution in [2.24, 2.45) is 10.1 Å². The van der Waals surface area contributed by atoms with Gasteiger partial charge in [0.15, 0.2) is 5.13 Å². The first-order valence-corrected chi connectivity index (χ1v) is 5.32. The molecule has 0 aliphatic rings. The second-order valence-corrected chi connectivity index (χ2v) is 4.09. The Balaban J connectivity index is 3.32. The van der Waals surface area contributed by atoms with Crippen LogP contribution in [0.25, 0.3) is 0 Å². The fourth-order valence-corrected chi connectivity index (χ4v) is 1.82. The van der Waals surface area contributed by atoms with Crippen LogP contribution in [0, 0.1) is 0 Å². The average Bonchev–Trinajstić information content (AvgIpc) is 2.69. The van der Waals surface area contributed by atoms with Crippen LogP contribution in [-0.4, -0.2) is 49.7 Å². The highest BCUT2D eigenvalue weighted by Crippen LogP contribution is 2.32. The molecule has 1 heterocycles. The summed E-state index contributed by atoms with van der Waals surface area (Å²) < 4.78 is 0. The van der Waals surface area contributed by atoms with Gasteiger partial charge in [-0.1, -0.05) is 16.5 Å². The van der Waals surface area contributed by atoms with E-state index in [0.29, 0.717) is 10.1 Å². The van der Waals surface area contributed by atoms with Crippen molar-refractivity contribution < 1.29 is 14.7 Å². The number of carboxylic acid groups (broad SMARTS) is 1. The normalized spacial score (nSPS) is 11.1. The van der Waals surface area contributed by atoms with Crippen LogP contribution in [-0.2, 0) is 9.63 Å². The molecule has 0 fully saturated rings. The van der Waals surface area contributed by atoms with Crippen LogP contribution in [0.2, 0.25) is 0 Å². The fourth-order valence-electron chi connectivity index (χ4n) is 1.03. The minimum Gasteiger partial charge on any atom is -0.476 e. The molecule has 1 aromatic rings. The van der Waals surface area contributed by atoms with Gasteiger partial charge in [0.25, 0.3) is 0 Å². The van der Waals surface area contributed by atoms with E-state index < -0.39 is 5.97 Å². The minimum atomic E-state index is -1.23. The lowest BCUT2D eigenvalue weighted by atomic mass is 10.3. The van der Waals surface area contributed by atoms with Gasteiger partial charge in [-0.15, -0.1) is 0 Å². The van der Waals surface area contributed by atoms with Crippen molar-refractivity contribution in [1.82, 2.24) is 4.98 Å². The van der Waals surface area contributed by atoms with Crippen LogP contribution >= 0.6 is 11.3 Å². The first kappa shape index (κ1) is 13.1. The topological polar surface area (TPSA) is 87.4 Å². The highest BCUT2D eigenvalue weighted by molar-refractivity contribution is 7.19. The number of carbonyl (C=O) groups is 1. The summed E-state index contributed by atoms with van der Waals surface area (Å²) in [6.07, 6.45) is 0. The van der Waals surface area contributed by atoms with Crippen LogP contribution in [0.1, 0.15) is 5.69 Å². The molecule has 1 rings (SSSR count). The lowest BCUT2D eigenvalue weighted by Gasteiger charge is -2.05. The third kappa shape index (κ3) is 2.78. The van der Waals surface area contributed by atoms with Crippen LogP contribution in [0.15, 0.2) is 10.1 Å². The lowest BCUT2D eigenvalue weighted by molar-refractivity contribution is -0.129. The summed E-state index contributed by atoms with van der Waals surface area (Å²) >= 11 is 1.23. The maximum Gasteiger partial charge on any atom is 0.360 e. The van der Waals surface area contributed by atoms with E-state index in [1.54, 1.807) is 19.0 Å². The number of thiazole rings is 1. The molecule has 1 aromatic heterocycles. The van der Waals surface area contributed by atoms with Gasteiger partial charge in [-0.3, -0.25) is 4.99 Å². The number of aromatic nitrogens is 1. The molecule has 0 aromatic carbocycles. The average molecular weight is 256 g/mol. The Bertz CT molecular complexity index is 467. The standard InChI is InChI=1S/C9H12N4O3S/c1-10-7-5(6(8(14)15)12-16-4)11-9(17-7)13(2)3/h1H2,2-4H3,(H,14,15)/b12-6-. The molecule has 0 aliphatic carbocycles. The van der Waals surface area contributed by atoms with E-state index >= 15 is 0 Å². The molecule has 1 N–H and O–H groups in total. The molecule has 7 nitrogen and oxygen atoms in total. The SMILES string of the molecule is C=Nc1sc(N(C)C)nc1/C(=N/OC)C(=O)O. The molecule has 0 amide bonds. The van der Waals surface area contributed by atoms with E-state index in [1.807, 2.05) is 0 Å². The Morgan fingerprint density at radius 3 is 2.65 bits per heavy atom. The zero-order valence-corrected chi connectivity index (χ0v) is 10.5. The molecule has 0 unspecified atom stereocenters. The van der Waals surface area contributed by atoms with Crippen molar-refractivity contribution in [2.45, 2.75) is 0 Å². The van der Waals surface area contributed by atoms with Gasteiger partial charge in [0.1, 0.15) is 17.8 Å². The van der Waals surface area contributed by atoms with Crippen molar-refractivity contribution in [3.63, 3.8) is 0 Å². The highest BCUT2D eigenvalue weighted by atomic mass is 32.1. The number of hydrogen-bond donors (Lipinski definition) is 1. The van der Waals surface area contributed by atoms with Gasteiger partial charge in [-0.05, 0) is 6.72 Å². The molecule has 0 radical (unpaired) electrons. The predicted octanol–water partition coefficient (Wildman–Crippen LogP) is 0.976. The van der Waals surface area contributed by atoms with Gasteiger partial charge in [0.2, 0.25) is 5.71 Å². The van der Waals surface area contributed by atoms with Gasteiger partial charge in [-0.25, -0.2) is 9.78 Å². The predicted molar refractivity (Wildman–Crippen MR) is 66.8 cm³/mol.